The monoisotopic (exact) mass is 333 g/mol. The number of hydrogen-bond donors (Lipinski definition) is 2. The van der Waals surface area contributed by atoms with Crippen molar-refractivity contribution < 1.29 is 8.42 Å². The highest BCUT2D eigenvalue weighted by atomic mass is 79.9. The van der Waals surface area contributed by atoms with E-state index in [2.05, 4.69) is 25.6 Å². The van der Waals surface area contributed by atoms with Gasteiger partial charge in [-0.25, -0.2) is 13.4 Å². The number of nitrogen functional groups attached to an aromatic ring is 1. The summed E-state index contributed by atoms with van der Waals surface area (Å²) in [5.41, 5.74) is 6.33. The van der Waals surface area contributed by atoms with E-state index in [4.69, 9.17) is 5.73 Å². The average Bonchev–Trinajstić information content (AvgIpc) is 2.69. The zero-order valence-electron chi connectivity index (χ0n) is 8.42. The molecule has 90 valence electrons. The van der Waals surface area contributed by atoms with Crippen LogP contribution in [-0.2, 0) is 10.0 Å². The van der Waals surface area contributed by atoms with E-state index in [9.17, 15) is 8.42 Å². The van der Waals surface area contributed by atoms with Gasteiger partial charge in [-0.2, -0.15) is 0 Å². The number of hydrogen-bond acceptors (Lipinski definition) is 5. The van der Waals surface area contributed by atoms with E-state index >= 15 is 0 Å². The Morgan fingerprint density at radius 3 is 2.71 bits per heavy atom. The third-order valence-corrected chi connectivity index (χ3v) is 5.15. The lowest BCUT2D eigenvalue weighted by Gasteiger charge is -2.05. The number of anilines is 2. The van der Waals surface area contributed by atoms with Crippen molar-refractivity contribution >= 4 is 48.7 Å². The summed E-state index contributed by atoms with van der Waals surface area (Å²) in [5.74, 6) is 0. The van der Waals surface area contributed by atoms with Crippen molar-refractivity contribution in [3.05, 3.63) is 34.4 Å². The van der Waals surface area contributed by atoms with Crippen LogP contribution in [0.15, 0.2) is 38.6 Å². The Balaban J connectivity index is 2.26. The molecule has 3 N–H and O–H groups in total. The number of nitrogens with zero attached hydrogens (tertiary/aromatic N) is 1. The molecule has 0 atom stereocenters. The quantitative estimate of drug-likeness (QED) is 0.844. The zero-order chi connectivity index (χ0) is 12.5. The number of sulfonamides is 1. The van der Waals surface area contributed by atoms with Crippen molar-refractivity contribution in [1.82, 2.24) is 4.98 Å². The van der Waals surface area contributed by atoms with Gasteiger partial charge in [0.05, 0.1) is 11.9 Å². The van der Waals surface area contributed by atoms with Crippen molar-refractivity contribution in [2.75, 3.05) is 10.5 Å². The predicted octanol–water partition coefficient (Wildman–Crippen LogP) is 2.29. The highest BCUT2D eigenvalue weighted by molar-refractivity contribution is 9.10. The molecule has 0 unspecified atom stereocenters. The number of aromatic nitrogens is 1. The van der Waals surface area contributed by atoms with Crippen molar-refractivity contribution in [2.45, 2.75) is 4.21 Å². The topological polar surface area (TPSA) is 85.1 Å². The third kappa shape index (κ3) is 2.96. The molecule has 0 radical (unpaired) electrons. The molecular weight excluding hydrogens is 326 g/mol. The molecule has 5 nitrogen and oxygen atoms in total. The van der Waals surface area contributed by atoms with Crippen molar-refractivity contribution in [2.24, 2.45) is 0 Å². The largest absolute Gasteiger partial charge is 0.398 e. The normalized spacial score (nSPS) is 11.4. The maximum atomic E-state index is 11.9. The predicted molar refractivity (Wildman–Crippen MR) is 71.5 cm³/mol. The van der Waals surface area contributed by atoms with E-state index in [1.54, 1.807) is 17.5 Å². The maximum Gasteiger partial charge on any atom is 0.271 e. The molecule has 0 aliphatic carbocycles. The molecule has 0 fully saturated rings. The van der Waals surface area contributed by atoms with E-state index in [0.29, 0.717) is 16.0 Å². The van der Waals surface area contributed by atoms with Gasteiger partial charge in [0.15, 0.2) is 0 Å². The smallest absolute Gasteiger partial charge is 0.271 e. The van der Waals surface area contributed by atoms with E-state index in [-0.39, 0.29) is 4.21 Å². The lowest BCUT2D eigenvalue weighted by molar-refractivity contribution is 0.603. The number of nitrogens with one attached hydrogen (secondary N) is 1. The van der Waals surface area contributed by atoms with Crippen LogP contribution < -0.4 is 10.5 Å². The van der Waals surface area contributed by atoms with Crippen LogP contribution in [0.2, 0.25) is 0 Å². The van der Waals surface area contributed by atoms with Crippen molar-refractivity contribution in [3.63, 3.8) is 0 Å². The minimum absolute atomic E-state index is 0.179. The fourth-order valence-corrected chi connectivity index (χ4v) is 3.47. The number of thiophene rings is 1. The molecule has 0 saturated heterocycles. The van der Waals surface area contributed by atoms with Crippen LogP contribution in [0.5, 0.6) is 0 Å². The van der Waals surface area contributed by atoms with Gasteiger partial charge in [-0.05, 0) is 34.1 Å². The summed E-state index contributed by atoms with van der Waals surface area (Å²) in [6.07, 6.45) is 1.43. The van der Waals surface area contributed by atoms with Gasteiger partial charge in [0, 0.05) is 11.1 Å². The SMILES string of the molecule is Nc1csc(S(=O)(=O)Nc2ccc(Br)nc2)c1. The number of pyridine rings is 1. The molecule has 8 heteroatoms. The molecule has 17 heavy (non-hydrogen) atoms. The standard InChI is InChI=1S/C9H8BrN3O2S2/c10-8-2-1-7(4-12-8)13-17(14,15)9-3-6(11)5-16-9/h1-5,13H,11H2. The van der Waals surface area contributed by atoms with Gasteiger partial charge in [-0.3, -0.25) is 4.72 Å². The molecule has 2 rings (SSSR count). The van der Waals surface area contributed by atoms with Crippen molar-refractivity contribution in [1.29, 1.82) is 0 Å². The first kappa shape index (κ1) is 12.3. The summed E-state index contributed by atoms with van der Waals surface area (Å²) >= 11 is 4.24. The second kappa shape index (κ2) is 4.63. The minimum atomic E-state index is -3.57. The van der Waals surface area contributed by atoms with Gasteiger partial charge in [0.1, 0.15) is 8.81 Å². The summed E-state index contributed by atoms with van der Waals surface area (Å²) < 4.78 is 27.0. The van der Waals surface area contributed by atoms with Gasteiger partial charge in [-0.1, -0.05) is 0 Å². The average molecular weight is 334 g/mol. The summed E-state index contributed by atoms with van der Waals surface area (Å²) in [7, 11) is -3.57. The molecular formula is C9H8BrN3O2S2. The molecule has 2 aromatic heterocycles. The Bertz CT molecular complexity index is 622. The van der Waals surface area contributed by atoms with Crippen LogP contribution >= 0.6 is 27.3 Å². The Morgan fingerprint density at radius 2 is 2.18 bits per heavy atom. The van der Waals surface area contributed by atoms with Crippen molar-refractivity contribution in [3.8, 4) is 0 Å². The Morgan fingerprint density at radius 1 is 1.41 bits per heavy atom. The van der Waals surface area contributed by atoms with E-state index in [1.807, 2.05) is 0 Å². The third-order valence-electron chi connectivity index (χ3n) is 1.84. The second-order valence-electron chi connectivity index (χ2n) is 3.17. The summed E-state index contributed by atoms with van der Waals surface area (Å²) in [6, 6.07) is 4.69. The van der Waals surface area contributed by atoms with E-state index < -0.39 is 10.0 Å². The second-order valence-corrected chi connectivity index (χ2v) is 6.81. The van der Waals surface area contributed by atoms with Gasteiger partial charge >= 0.3 is 0 Å². The lowest BCUT2D eigenvalue weighted by atomic mass is 10.4. The van der Waals surface area contributed by atoms with Gasteiger partial charge in [0.25, 0.3) is 10.0 Å². The highest BCUT2D eigenvalue weighted by Crippen LogP contribution is 2.24. The molecule has 0 bridgehead atoms. The minimum Gasteiger partial charge on any atom is -0.398 e. The number of halogens is 1. The molecule has 0 spiro atoms. The summed E-state index contributed by atoms with van der Waals surface area (Å²) in [4.78, 5) is 3.93. The molecule has 0 aliphatic rings. The van der Waals surface area contributed by atoms with E-state index in [0.717, 1.165) is 11.3 Å². The molecule has 0 aromatic carbocycles. The summed E-state index contributed by atoms with van der Waals surface area (Å²) in [5, 5.41) is 1.58. The van der Waals surface area contributed by atoms with Crippen LogP contribution in [0.1, 0.15) is 0 Å². The highest BCUT2D eigenvalue weighted by Gasteiger charge is 2.16. The first-order valence-electron chi connectivity index (χ1n) is 4.46. The van der Waals surface area contributed by atoms with Gasteiger partial charge < -0.3 is 5.73 Å². The number of rotatable bonds is 3. The Kier molecular flexibility index (Phi) is 3.36. The molecule has 2 heterocycles. The van der Waals surface area contributed by atoms with Crippen LogP contribution in [0.3, 0.4) is 0 Å². The fraction of sp³-hybridized carbons (Fsp3) is 0. The number of nitrogens with two attached hydrogens (primary N) is 1. The molecule has 0 aliphatic heterocycles. The zero-order valence-corrected chi connectivity index (χ0v) is 11.6. The fourth-order valence-electron chi connectivity index (χ4n) is 1.11. The molecule has 2 aromatic rings. The Labute approximate surface area is 111 Å². The van der Waals surface area contributed by atoms with Gasteiger partial charge in [0.2, 0.25) is 0 Å². The van der Waals surface area contributed by atoms with Crippen LogP contribution in [0, 0.1) is 0 Å². The van der Waals surface area contributed by atoms with Crippen LogP contribution in [0.25, 0.3) is 0 Å². The van der Waals surface area contributed by atoms with E-state index in [1.165, 1.54) is 12.3 Å². The molecule has 0 amide bonds. The maximum absolute atomic E-state index is 11.9. The first-order valence-corrected chi connectivity index (χ1v) is 7.61. The van der Waals surface area contributed by atoms with Crippen LogP contribution in [0.4, 0.5) is 11.4 Å². The first-order chi connectivity index (χ1) is 7.97. The van der Waals surface area contributed by atoms with Crippen LogP contribution in [-0.4, -0.2) is 13.4 Å². The summed E-state index contributed by atoms with van der Waals surface area (Å²) in [6.45, 7) is 0. The van der Waals surface area contributed by atoms with Gasteiger partial charge in [-0.15, -0.1) is 11.3 Å². The Hall–Kier alpha value is -1.12. The molecule has 0 saturated carbocycles. The lowest BCUT2D eigenvalue weighted by Crippen LogP contribution is -2.11.